The lowest BCUT2D eigenvalue weighted by molar-refractivity contribution is -0.217. The van der Waals surface area contributed by atoms with Gasteiger partial charge in [0.1, 0.15) is 12.4 Å². The summed E-state index contributed by atoms with van der Waals surface area (Å²) < 4.78 is 17.0. The van der Waals surface area contributed by atoms with Crippen molar-refractivity contribution >= 4 is 17.9 Å². The van der Waals surface area contributed by atoms with Crippen LogP contribution in [0.3, 0.4) is 0 Å². The van der Waals surface area contributed by atoms with E-state index in [1.165, 1.54) is 12.1 Å². The minimum atomic E-state index is -1.21. The molecule has 0 heterocycles. The number of hydrogen-bond donors (Lipinski definition) is 2. The summed E-state index contributed by atoms with van der Waals surface area (Å²) in [5, 5.41) is 19.3. The molecule has 0 aliphatic heterocycles. The van der Waals surface area contributed by atoms with Crippen molar-refractivity contribution in [2.45, 2.75) is 19.4 Å². The number of carbonyl (C=O) groups excluding carboxylic acids is 1. The molecular weight excluding hydrogens is 712 g/mol. The number of hydrogen-bond acceptors (Lipinski definition) is 8. The fourth-order valence-electron chi connectivity index (χ4n) is 5.90. The highest BCUT2D eigenvalue weighted by molar-refractivity contribution is 6.04. The van der Waals surface area contributed by atoms with Gasteiger partial charge in [-0.1, -0.05) is 97.1 Å². The standard InChI is InChI=1S/C46H40O10/c47-44(48)41-21-15-36(34-7-3-1-4-8-34)29-38(41)31-54-56-40-19-13-33(14-20-40)24-26-53-28-27-52-25-23-32-11-17-39(18-12-32)55-46(51)43-30-37(16-22-42(43)45(49)50)35-9-5-2-6-10-35/h1-22,29-30H,23-28,31H2,(H,47,48)(H,49,50). The molecule has 284 valence electrons. The van der Waals surface area contributed by atoms with Crippen LogP contribution in [-0.2, 0) is 33.8 Å². The molecule has 0 aliphatic carbocycles. The minimum absolute atomic E-state index is 0.0234. The van der Waals surface area contributed by atoms with Crippen molar-refractivity contribution in [3.8, 4) is 33.8 Å². The molecule has 6 aromatic carbocycles. The molecule has 0 aromatic heterocycles. The van der Waals surface area contributed by atoms with Crippen LogP contribution in [0.15, 0.2) is 146 Å². The van der Waals surface area contributed by atoms with Gasteiger partial charge in [0.15, 0.2) is 5.75 Å². The van der Waals surface area contributed by atoms with Crippen LogP contribution in [0.25, 0.3) is 22.3 Å². The van der Waals surface area contributed by atoms with E-state index < -0.39 is 17.9 Å². The van der Waals surface area contributed by atoms with Gasteiger partial charge in [-0.05, 0) is 100 Å². The molecule has 0 spiro atoms. The summed E-state index contributed by atoms with van der Waals surface area (Å²) in [6.45, 7) is 1.84. The van der Waals surface area contributed by atoms with Crippen molar-refractivity contribution in [2.75, 3.05) is 26.4 Å². The van der Waals surface area contributed by atoms with Gasteiger partial charge in [-0.25, -0.2) is 14.4 Å². The second-order valence-corrected chi connectivity index (χ2v) is 12.7. The van der Waals surface area contributed by atoms with E-state index in [2.05, 4.69) is 0 Å². The molecule has 56 heavy (non-hydrogen) atoms. The van der Waals surface area contributed by atoms with Crippen molar-refractivity contribution in [3.05, 3.63) is 179 Å². The summed E-state index contributed by atoms with van der Waals surface area (Å²) >= 11 is 0. The van der Waals surface area contributed by atoms with Gasteiger partial charge in [0, 0.05) is 0 Å². The maximum absolute atomic E-state index is 13.0. The molecule has 0 atom stereocenters. The molecule has 0 unspecified atom stereocenters. The number of aromatic carboxylic acids is 2. The number of esters is 1. The smallest absolute Gasteiger partial charge is 0.344 e. The average Bonchev–Trinajstić information content (AvgIpc) is 3.23. The van der Waals surface area contributed by atoms with Crippen LogP contribution >= 0.6 is 0 Å². The first-order chi connectivity index (χ1) is 27.3. The second-order valence-electron chi connectivity index (χ2n) is 12.7. The van der Waals surface area contributed by atoms with Crippen LogP contribution < -0.4 is 9.62 Å². The van der Waals surface area contributed by atoms with E-state index >= 15 is 0 Å². The summed E-state index contributed by atoms with van der Waals surface area (Å²) in [6.07, 6.45) is 1.35. The van der Waals surface area contributed by atoms with E-state index in [-0.39, 0.29) is 23.3 Å². The first-order valence-corrected chi connectivity index (χ1v) is 18.0. The molecule has 2 N–H and O–H groups in total. The Bertz CT molecular complexity index is 2220. The van der Waals surface area contributed by atoms with E-state index in [9.17, 15) is 24.6 Å². The van der Waals surface area contributed by atoms with Crippen LogP contribution in [0, 0.1) is 0 Å². The third-order valence-corrected chi connectivity index (χ3v) is 8.89. The predicted molar refractivity (Wildman–Crippen MR) is 210 cm³/mol. The normalized spacial score (nSPS) is 10.9. The predicted octanol–water partition coefficient (Wildman–Crippen LogP) is 8.97. The van der Waals surface area contributed by atoms with Gasteiger partial charge >= 0.3 is 17.9 Å². The van der Waals surface area contributed by atoms with Crippen LogP contribution in [0.1, 0.15) is 47.8 Å². The Kier molecular flexibility index (Phi) is 13.7. The van der Waals surface area contributed by atoms with Gasteiger partial charge < -0.3 is 29.3 Å². The molecule has 10 nitrogen and oxygen atoms in total. The van der Waals surface area contributed by atoms with E-state index in [4.69, 9.17) is 24.0 Å². The molecule has 0 fully saturated rings. The van der Waals surface area contributed by atoms with Crippen molar-refractivity contribution in [1.82, 2.24) is 0 Å². The van der Waals surface area contributed by atoms with E-state index in [1.54, 1.807) is 48.5 Å². The zero-order valence-electron chi connectivity index (χ0n) is 30.5. The number of benzene rings is 6. The largest absolute Gasteiger partial charge is 0.478 e. The van der Waals surface area contributed by atoms with E-state index in [0.29, 0.717) is 61.9 Å². The maximum atomic E-state index is 13.0. The number of ether oxygens (including phenoxy) is 3. The minimum Gasteiger partial charge on any atom is -0.478 e. The lowest BCUT2D eigenvalue weighted by atomic mass is 9.99. The Morgan fingerprint density at radius 2 is 0.964 bits per heavy atom. The van der Waals surface area contributed by atoms with Gasteiger partial charge in [-0.3, -0.25) is 0 Å². The lowest BCUT2D eigenvalue weighted by Crippen LogP contribution is -2.14. The fraction of sp³-hybridized carbons (Fsp3) is 0.152. The Morgan fingerprint density at radius 3 is 1.50 bits per heavy atom. The monoisotopic (exact) mass is 752 g/mol. The zero-order valence-corrected chi connectivity index (χ0v) is 30.5. The number of rotatable bonds is 19. The fourth-order valence-corrected chi connectivity index (χ4v) is 5.90. The van der Waals surface area contributed by atoms with Crippen LogP contribution in [0.5, 0.6) is 11.5 Å². The van der Waals surface area contributed by atoms with Crippen molar-refractivity contribution in [2.24, 2.45) is 0 Å². The van der Waals surface area contributed by atoms with Gasteiger partial charge in [0.05, 0.1) is 43.1 Å². The number of carbonyl (C=O) groups is 3. The van der Waals surface area contributed by atoms with E-state index in [1.807, 2.05) is 84.9 Å². The zero-order chi connectivity index (χ0) is 39.1. The van der Waals surface area contributed by atoms with Crippen LogP contribution in [-0.4, -0.2) is 54.5 Å². The van der Waals surface area contributed by atoms with Crippen molar-refractivity contribution in [3.63, 3.8) is 0 Å². The van der Waals surface area contributed by atoms with Gasteiger partial charge in [-0.2, -0.15) is 4.89 Å². The molecule has 0 amide bonds. The van der Waals surface area contributed by atoms with Crippen LogP contribution in [0.4, 0.5) is 0 Å². The topological polar surface area (TPSA) is 138 Å². The summed E-state index contributed by atoms with van der Waals surface area (Å²) in [5.41, 5.74) is 5.99. The van der Waals surface area contributed by atoms with Crippen molar-refractivity contribution in [1.29, 1.82) is 0 Å². The third-order valence-electron chi connectivity index (χ3n) is 8.89. The van der Waals surface area contributed by atoms with Gasteiger partial charge in [0.2, 0.25) is 0 Å². The summed E-state index contributed by atoms with van der Waals surface area (Å²) in [7, 11) is 0. The average molecular weight is 753 g/mol. The quantitative estimate of drug-likeness (QED) is 0.0271. The van der Waals surface area contributed by atoms with Gasteiger partial charge in [-0.15, -0.1) is 0 Å². The first kappa shape index (κ1) is 39.1. The SMILES string of the molecule is O=C(O)c1ccc(-c2ccccc2)cc1COOc1ccc(CCOCCOCCc2ccc(OC(=O)c3cc(-c4ccccc4)ccc3C(=O)O)cc2)cc1. The molecule has 6 rings (SSSR count). The summed E-state index contributed by atoms with van der Waals surface area (Å²) in [6, 6.07) is 43.3. The summed E-state index contributed by atoms with van der Waals surface area (Å²) in [4.78, 5) is 47.4. The molecule has 0 radical (unpaired) electrons. The molecule has 10 heteroatoms. The molecule has 6 aromatic rings. The van der Waals surface area contributed by atoms with Crippen molar-refractivity contribution < 1.29 is 48.6 Å². The maximum Gasteiger partial charge on any atom is 0.344 e. The molecule has 0 aliphatic rings. The first-order valence-electron chi connectivity index (χ1n) is 18.0. The summed E-state index contributed by atoms with van der Waals surface area (Å²) in [5.74, 6) is -2.19. The second kappa shape index (κ2) is 19.7. The lowest BCUT2D eigenvalue weighted by Gasteiger charge is -2.11. The molecule has 0 saturated heterocycles. The highest BCUT2D eigenvalue weighted by Crippen LogP contribution is 2.26. The molecule has 0 saturated carbocycles. The Hall–Kier alpha value is -6.59. The molecular formula is C46H40O10. The number of carboxylic acids is 2. The Balaban J connectivity index is 0.864. The third kappa shape index (κ3) is 11.0. The Morgan fingerprint density at radius 1 is 0.464 bits per heavy atom. The van der Waals surface area contributed by atoms with Gasteiger partial charge in [0.25, 0.3) is 0 Å². The number of carboxylic acid groups (broad SMARTS) is 2. The van der Waals surface area contributed by atoms with E-state index in [0.717, 1.165) is 27.8 Å². The van der Waals surface area contributed by atoms with Crippen LogP contribution in [0.2, 0.25) is 0 Å². The highest BCUT2D eigenvalue weighted by atomic mass is 17.2. The molecule has 0 bridgehead atoms. The highest BCUT2D eigenvalue weighted by Gasteiger charge is 2.20. The Labute approximate surface area is 324 Å².